The van der Waals surface area contributed by atoms with E-state index >= 15 is 0 Å². The molecule has 2 fully saturated rings. The molecule has 7 heteroatoms. The number of hydrogen-bond donors (Lipinski definition) is 0. The Balaban J connectivity index is 1.44. The molecule has 26 heavy (non-hydrogen) atoms. The summed E-state index contributed by atoms with van der Waals surface area (Å²) < 4.78 is 5.79. The molecule has 1 amide bonds. The van der Waals surface area contributed by atoms with Crippen LogP contribution in [0.25, 0.3) is 0 Å². The van der Waals surface area contributed by atoms with E-state index in [4.69, 9.17) is 16.3 Å². The molecule has 1 saturated carbocycles. The summed E-state index contributed by atoms with van der Waals surface area (Å²) in [5.74, 6) is 2.49. The maximum Gasteiger partial charge on any atom is 0.226 e. The standard InChI is InChI=1S/C19H21ClN4O2/c1-13-11-23(7-8-24(13)19(25)14-5-6-14)17-10-18(22-12-21-17)26-16-4-2-3-15(20)9-16/h2-4,9-10,12-14H,5-8,11H2,1H3/t13-/m1/s1. The normalized spacial score (nSPS) is 20.2. The Morgan fingerprint density at radius 2 is 2.08 bits per heavy atom. The summed E-state index contributed by atoms with van der Waals surface area (Å²) in [4.78, 5) is 25.1. The minimum absolute atomic E-state index is 0.170. The van der Waals surface area contributed by atoms with Gasteiger partial charge in [-0.05, 0) is 38.0 Å². The molecule has 1 aliphatic carbocycles. The Morgan fingerprint density at radius 1 is 1.23 bits per heavy atom. The largest absolute Gasteiger partial charge is 0.439 e. The topological polar surface area (TPSA) is 58.6 Å². The zero-order valence-corrected chi connectivity index (χ0v) is 15.4. The van der Waals surface area contributed by atoms with E-state index in [-0.39, 0.29) is 12.0 Å². The first-order valence-corrected chi connectivity index (χ1v) is 9.29. The van der Waals surface area contributed by atoms with E-state index in [0.717, 1.165) is 38.3 Å². The number of halogens is 1. The Labute approximate surface area is 157 Å². The molecule has 0 unspecified atom stereocenters. The maximum absolute atomic E-state index is 12.3. The van der Waals surface area contributed by atoms with Crippen molar-refractivity contribution in [2.24, 2.45) is 5.92 Å². The molecule has 1 atom stereocenters. The van der Waals surface area contributed by atoms with E-state index in [1.165, 1.54) is 6.33 Å². The molecule has 1 aliphatic heterocycles. The van der Waals surface area contributed by atoms with Crippen LogP contribution in [0.5, 0.6) is 11.6 Å². The molecule has 6 nitrogen and oxygen atoms in total. The van der Waals surface area contributed by atoms with Gasteiger partial charge in [0.1, 0.15) is 17.9 Å². The number of aromatic nitrogens is 2. The molecule has 2 aliphatic rings. The number of anilines is 1. The summed E-state index contributed by atoms with van der Waals surface area (Å²) in [7, 11) is 0. The lowest BCUT2D eigenvalue weighted by molar-refractivity contribution is -0.134. The second-order valence-electron chi connectivity index (χ2n) is 6.87. The number of ether oxygens (including phenoxy) is 1. The number of piperazine rings is 1. The summed E-state index contributed by atoms with van der Waals surface area (Å²) in [6.45, 7) is 4.34. The van der Waals surface area contributed by atoms with Crippen molar-refractivity contribution in [1.82, 2.24) is 14.9 Å². The molecule has 1 aromatic heterocycles. The van der Waals surface area contributed by atoms with Gasteiger partial charge in [-0.3, -0.25) is 4.79 Å². The van der Waals surface area contributed by atoms with Crippen molar-refractivity contribution in [3.63, 3.8) is 0 Å². The van der Waals surface area contributed by atoms with Gasteiger partial charge in [0.25, 0.3) is 0 Å². The summed E-state index contributed by atoms with van der Waals surface area (Å²) in [6.07, 6.45) is 3.59. The van der Waals surface area contributed by atoms with Gasteiger partial charge < -0.3 is 14.5 Å². The van der Waals surface area contributed by atoms with Gasteiger partial charge >= 0.3 is 0 Å². The third-order valence-corrected chi connectivity index (χ3v) is 5.04. The lowest BCUT2D eigenvalue weighted by Gasteiger charge is -2.40. The lowest BCUT2D eigenvalue weighted by atomic mass is 10.1. The van der Waals surface area contributed by atoms with Gasteiger partial charge in [0, 0.05) is 42.7 Å². The van der Waals surface area contributed by atoms with Crippen LogP contribution in [0.15, 0.2) is 36.7 Å². The highest BCUT2D eigenvalue weighted by Gasteiger charge is 2.37. The monoisotopic (exact) mass is 372 g/mol. The first-order valence-electron chi connectivity index (χ1n) is 8.91. The van der Waals surface area contributed by atoms with E-state index in [2.05, 4.69) is 21.8 Å². The molecule has 136 valence electrons. The second-order valence-corrected chi connectivity index (χ2v) is 7.31. The van der Waals surface area contributed by atoms with Gasteiger partial charge in [-0.25, -0.2) is 9.97 Å². The summed E-state index contributed by atoms with van der Waals surface area (Å²) >= 11 is 5.99. The van der Waals surface area contributed by atoms with E-state index in [0.29, 0.717) is 22.6 Å². The lowest BCUT2D eigenvalue weighted by Crippen LogP contribution is -2.54. The van der Waals surface area contributed by atoms with E-state index in [9.17, 15) is 4.79 Å². The third kappa shape index (κ3) is 3.75. The number of amides is 1. The summed E-state index contributed by atoms with van der Waals surface area (Å²) in [6, 6.07) is 9.20. The Kier molecular flexibility index (Phi) is 4.68. The van der Waals surface area contributed by atoms with Crippen molar-refractivity contribution in [3.8, 4) is 11.6 Å². The van der Waals surface area contributed by atoms with Crippen LogP contribution in [-0.4, -0.2) is 46.5 Å². The minimum atomic E-state index is 0.170. The Morgan fingerprint density at radius 3 is 2.81 bits per heavy atom. The minimum Gasteiger partial charge on any atom is -0.439 e. The number of rotatable bonds is 4. The molecule has 2 heterocycles. The maximum atomic E-state index is 12.3. The molecule has 4 rings (SSSR count). The van der Waals surface area contributed by atoms with Crippen LogP contribution < -0.4 is 9.64 Å². The predicted octanol–water partition coefficient (Wildman–Crippen LogP) is 3.37. The molecule has 0 N–H and O–H groups in total. The van der Waals surface area contributed by atoms with Gasteiger partial charge in [0.15, 0.2) is 0 Å². The number of nitrogens with zero attached hydrogens (tertiary/aromatic N) is 4. The quantitative estimate of drug-likeness (QED) is 0.823. The molecule has 2 aromatic rings. The highest BCUT2D eigenvalue weighted by Crippen LogP contribution is 2.32. The smallest absolute Gasteiger partial charge is 0.226 e. The van der Waals surface area contributed by atoms with Crippen LogP contribution in [0.3, 0.4) is 0 Å². The number of benzene rings is 1. The third-order valence-electron chi connectivity index (χ3n) is 4.81. The Bertz CT molecular complexity index is 812. The fraction of sp³-hybridized carbons (Fsp3) is 0.421. The molecule has 1 aromatic carbocycles. The van der Waals surface area contributed by atoms with E-state index in [1.807, 2.05) is 23.1 Å². The van der Waals surface area contributed by atoms with E-state index < -0.39 is 0 Å². The summed E-state index contributed by atoms with van der Waals surface area (Å²) in [5.41, 5.74) is 0. The highest BCUT2D eigenvalue weighted by atomic mass is 35.5. The summed E-state index contributed by atoms with van der Waals surface area (Å²) in [5, 5.41) is 0.613. The van der Waals surface area contributed by atoms with Crippen LogP contribution in [0.2, 0.25) is 5.02 Å². The first-order chi connectivity index (χ1) is 12.6. The fourth-order valence-electron chi connectivity index (χ4n) is 3.27. The van der Waals surface area contributed by atoms with Crippen molar-refractivity contribution in [3.05, 3.63) is 41.7 Å². The number of carbonyl (C=O) groups is 1. The molecular weight excluding hydrogens is 352 g/mol. The van der Waals surface area contributed by atoms with Gasteiger partial charge in [-0.2, -0.15) is 0 Å². The van der Waals surface area contributed by atoms with Gasteiger partial charge in [-0.1, -0.05) is 17.7 Å². The van der Waals surface area contributed by atoms with Crippen LogP contribution in [0, 0.1) is 5.92 Å². The Hall–Kier alpha value is -2.34. The van der Waals surface area contributed by atoms with Crippen molar-refractivity contribution < 1.29 is 9.53 Å². The van der Waals surface area contributed by atoms with Gasteiger partial charge in [-0.15, -0.1) is 0 Å². The van der Waals surface area contributed by atoms with Gasteiger partial charge in [0.2, 0.25) is 11.8 Å². The molecule has 0 bridgehead atoms. The van der Waals surface area contributed by atoms with Crippen molar-refractivity contribution in [2.75, 3.05) is 24.5 Å². The average Bonchev–Trinajstić information content (AvgIpc) is 3.46. The second kappa shape index (κ2) is 7.11. The molecular formula is C19H21ClN4O2. The average molecular weight is 373 g/mol. The highest BCUT2D eigenvalue weighted by molar-refractivity contribution is 6.30. The SMILES string of the molecule is C[C@@H]1CN(c2cc(Oc3cccc(Cl)c3)ncn2)CCN1C(=O)C1CC1. The van der Waals surface area contributed by atoms with E-state index in [1.54, 1.807) is 12.1 Å². The molecule has 0 spiro atoms. The van der Waals surface area contributed by atoms with Crippen molar-refractivity contribution in [2.45, 2.75) is 25.8 Å². The van der Waals surface area contributed by atoms with Gasteiger partial charge in [0.05, 0.1) is 0 Å². The zero-order chi connectivity index (χ0) is 18.1. The molecule has 1 saturated heterocycles. The fourth-order valence-corrected chi connectivity index (χ4v) is 3.45. The molecule has 0 radical (unpaired) electrons. The number of carbonyl (C=O) groups excluding carboxylic acids is 1. The first kappa shape index (κ1) is 17.1. The van der Waals surface area contributed by atoms with Crippen LogP contribution >= 0.6 is 11.6 Å². The van der Waals surface area contributed by atoms with Crippen molar-refractivity contribution >= 4 is 23.3 Å². The predicted molar refractivity (Wildman–Crippen MR) is 99.7 cm³/mol. The van der Waals surface area contributed by atoms with Crippen molar-refractivity contribution in [1.29, 1.82) is 0 Å². The van der Waals surface area contributed by atoms with Crippen LogP contribution in [-0.2, 0) is 4.79 Å². The number of hydrogen-bond acceptors (Lipinski definition) is 5. The van der Waals surface area contributed by atoms with Crippen LogP contribution in [0.4, 0.5) is 5.82 Å². The zero-order valence-electron chi connectivity index (χ0n) is 14.6. The van der Waals surface area contributed by atoms with Crippen LogP contribution in [0.1, 0.15) is 19.8 Å².